The van der Waals surface area contributed by atoms with Gasteiger partial charge in [0.25, 0.3) is 0 Å². The van der Waals surface area contributed by atoms with Crippen LogP contribution in [-0.4, -0.2) is 37.4 Å². The predicted octanol–water partition coefficient (Wildman–Crippen LogP) is 3.28. The Morgan fingerprint density at radius 3 is 3.04 bits per heavy atom. The van der Waals surface area contributed by atoms with Crippen molar-refractivity contribution in [2.24, 2.45) is 0 Å². The molecule has 3 aromatic heterocycles. The molecule has 0 amide bonds. The van der Waals surface area contributed by atoms with Gasteiger partial charge in [0, 0.05) is 18.7 Å². The van der Waals surface area contributed by atoms with Gasteiger partial charge in [0.15, 0.2) is 5.76 Å². The van der Waals surface area contributed by atoms with Gasteiger partial charge in [0.1, 0.15) is 11.6 Å². The van der Waals surface area contributed by atoms with E-state index in [9.17, 15) is 0 Å². The number of aryl methyl sites for hydroxylation is 2. The maximum absolute atomic E-state index is 5.50. The van der Waals surface area contributed by atoms with Crippen molar-refractivity contribution in [1.82, 2.24) is 24.8 Å². The fourth-order valence-electron chi connectivity index (χ4n) is 3.37. The van der Waals surface area contributed by atoms with E-state index in [1.807, 2.05) is 24.6 Å². The molecule has 1 aliphatic rings. The number of hydrogen-bond acceptors (Lipinski definition) is 6. The summed E-state index contributed by atoms with van der Waals surface area (Å²) in [4.78, 5) is 8.01. The molecule has 7 heteroatoms. The minimum absolute atomic E-state index is 0.478. The lowest BCUT2D eigenvalue weighted by molar-refractivity contribution is 0.212. The molecular weight excluding hydrogens is 322 g/mol. The molecule has 0 aliphatic carbocycles. The zero-order valence-electron chi connectivity index (χ0n) is 14.0. The highest BCUT2D eigenvalue weighted by atomic mass is 32.1. The number of likely N-dealkylation sites (tertiary alicyclic amines) is 1. The van der Waals surface area contributed by atoms with Crippen LogP contribution in [0.25, 0.3) is 10.6 Å². The van der Waals surface area contributed by atoms with Gasteiger partial charge in [0.05, 0.1) is 17.1 Å². The Morgan fingerprint density at radius 2 is 2.29 bits per heavy atom. The Bertz CT molecular complexity index is 807. The second-order valence-corrected chi connectivity index (χ2v) is 7.26. The van der Waals surface area contributed by atoms with Crippen molar-refractivity contribution in [3.8, 4) is 10.6 Å². The van der Waals surface area contributed by atoms with E-state index in [0.29, 0.717) is 6.04 Å². The van der Waals surface area contributed by atoms with Gasteiger partial charge in [-0.1, -0.05) is 11.2 Å². The third kappa shape index (κ3) is 3.14. The Kier molecular flexibility index (Phi) is 4.20. The molecule has 0 radical (unpaired) electrons. The van der Waals surface area contributed by atoms with Gasteiger partial charge in [-0.2, -0.15) is 5.10 Å². The van der Waals surface area contributed by atoms with Crippen LogP contribution in [-0.2, 0) is 13.1 Å². The summed E-state index contributed by atoms with van der Waals surface area (Å²) < 4.78 is 7.53. The lowest BCUT2D eigenvalue weighted by atomic mass is 10.2. The SMILES string of the molecule is Cc1nc(C)n(C[C@@H]2CCCN2Cc2cc(-c3cccs3)on2)n1. The van der Waals surface area contributed by atoms with E-state index in [1.165, 1.54) is 12.8 Å². The molecule has 24 heavy (non-hydrogen) atoms. The Morgan fingerprint density at radius 1 is 1.38 bits per heavy atom. The van der Waals surface area contributed by atoms with Crippen LogP contribution < -0.4 is 0 Å². The molecule has 0 aromatic carbocycles. The molecule has 1 atom stereocenters. The van der Waals surface area contributed by atoms with Crippen molar-refractivity contribution in [2.75, 3.05) is 6.54 Å². The van der Waals surface area contributed by atoms with E-state index >= 15 is 0 Å². The first-order valence-electron chi connectivity index (χ1n) is 8.30. The lowest BCUT2D eigenvalue weighted by Gasteiger charge is -2.23. The van der Waals surface area contributed by atoms with Crippen molar-refractivity contribution < 1.29 is 4.52 Å². The molecule has 4 rings (SSSR count). The fraction of sp³-hybridized carbons (Fsp3) is 0.471. The first-order valence-corrected chi connectivity index (χ1v) is 9.18. The smallest absolute Gasteiger partial charge is 0.177 e. The topological polar surface area (TPSA) is 60.0 Å². The van der Waals surface area contributed by atoms with Crippen molar-refractivity contribution in [1.29, 1.82) is 0 Å². The second kappa shape index (κ2) is 6.49. The zero-order chi connectivity index (χ0) is 16.5. The monoisotopic (exact) mass is 343 g/mol. The summed E-state index contributed by atoms with van der Waals surface area (Å²) >= 11 is 1.67. The number of thiophene rings is 1. The summed E-state index contributed by atoms with van der Waals surface area (Å²) in [5, 5.41) is 10.8. The van der Waals surface area contributed by atoms with Crippen molar-refractivity contribution in [3.05, 3.63) is 40.9 Å². The lowest BCUT2D eigenvalue weighted by Crippen LogP contribution is -2.33. The summed E-state index contributed by atoms with van der Waals surface area (Å²) in [6.45, 7) is 6.77. The Balaban J connectivity index is 1.44. The largest absolute Gasteiger partial charge is 0.355 e. The van der Waals surface area contributed by atoms with Crippen LogP contribution in [0.4, 0.5) is 0 Å². The summed E-state index contributed by atoms with van der Waals surface area (Å²) in [7, 11) is 0. The fourth-order valence-corrected chi connectivity index (χ4v) is 4.05. The van der Waals surface area contributed by atoms with Crippen molar-refractivity contribution in [3.63, 3.8) is 0 Å². The normalized spacial score (nSPS) is 18.5. The summed E-state index contributed by atoms with van der Waals surface area (Å²) in [6.07, 6.45) is 2.40. The van der Waals surface area contributed by atoms with E-state index < -0.39 is 0 Å². The average molecular weight is 343 g/mol. The van der Waals surface area contributed by atoms with Crippen LogP contribution in [0.15, 0.2) is 28.1 Å². The first kappa shape index (κ1) is 15.5. The molecule has 4 heterocycles. The number of rotatable bonds is 5. The molecule has 0 N–H and O–H groups in total. The molecular formula is C17H21N5OS. The minimum Gasteiger partial charge on any atom is -0.355 e. The van der Waals surface area contributed by atoms with Gasteiger partial charge >= 0.3 is 0 Å². The van der Waals surface area contributed by atoms with Gasteiger partial charge in [-0.25, -0.2) is 9.67 Å². The number of nitrogens with zero attached hydrogens (tertiary/aromatic N) is 5. The molecule has 0 spiro atoms. The average Bonchev–Trinajstić information content (AvgIpc) is 3.30. The molecule has 0 bridgehead atoms. The quantitative estimate of drug-likeness (QED) is 0.711. The van der Waals surface area contributed by atoms with E-state index in [4.69, 9.17) is 4.52 Å². The summed E-state index contributed by atoms with van der Waals surface area (Å²) in [5.74, 6) is 2.69. The number of hydrogen-bond donors (Lipinski definition) is 0. The van der Waals surface area contributed by atoms with Gasteiger partial charge in [-0.05, 0) is 44.7 Å². The molecule has 1 aliphatic heterocycles. The third-order valence-corrected chi connectivity index (χ3v) is 5.42. The number of aromatic nitrogens is 4. The summed E-state index contributed by atoms with van der Waals surface area (Å²) in [5.41, 5.74) is 0.997. The predicted molar refractivity (Wildman–Crippen MR) is 92.7 cm³/mol. The van der Waals surface area contributed by atoms with E-state index in [2.05, 4.69) is 37.7 Å². The molecule has 1 saturated heterocycles. The van der Waals surface area contributed by atoms with E-state index in [-0.39, 0.29) is 0 Å². The van der Waals surface area contributed by atoms with E-state index in [1.54, 1.807) is 11.3 Å². The second-order valence-electron chi connectivity index (χ2n) is 6.31. The summed E-state index contributed by atoms with van der Waals surface area (Å²) in [6, 6.07) is 6.63. The highest BCUT2D eigenvalue weighted by molar-refractivity contribution is 7.13. The first-order chi connectivity index (χ1) is 11.7. The third-order valence-electron chi connectivity index (χ3n) is 4.53. The maximum Gasteiger partial charge on any atom is 0.177 e. The van der Waals surface area contributed by atoms with E-state index in [0.717, 1.165) is 47.6 Å². The zero-order valence-corrected chi connectivity index (χ0v) is 14.8. The van der Waals surface area contributed by atoms with Gasteiger partial charge in [0.2, 0.25) is 0 Å². The van der Waals surface area contributed by atoms with Crippen LogP contribution in [0.1, 0.15) is 30.2 Å². The Hall–Kier alpha value is -1.99. The standard InChI is InChI=1S/C17H21N5OS/c1-12-18-13(2)22(19-12)11-15-5-3-7-21(15)10-14-9-16(23-20-14)17-6-4-8-24-17/h4,6,8-9,15H,3,5,7,10-11H2,1-2H3/t15-/m0/s1. The van der Waals surface area contributed by atoms with Gasteiger partial charge in [-0.3, -0.25) is 4.90 Å². The van der Waals surface area contributed by atoms with Crippen LogP contribution in [0, 0.1) is 13.8 Å². The van der Waals surface area contributed by atoms with Crippen LogP contribution in [0.2, 0.25) is 0 Å². The Labute approximate surface area is 145 Å². The maximum atomic E-state index is 5.50. The van der Waals surface area contributed by atoms with Crippen molar-refractivity contribution in [2.45, 2.75) is 45.8 Å². The molecule has 3 aromatic rings. The van der Waals surface area contributed by atoms with Gasteiger partial charge < -0.3 is 4.52 Å². The highest BCUT2D eigenvalue weighted by Crippen LogP contribution is 2.27. The molecule has 0 unspecified atom stereocenters. The minimum atomic E-state index is 0.478. The molecule has 0 saturated carbocycles. The van der Waals surface area contributed by atoms with Crippen LogP contribution >= 0.6 is 11.3 Å². The molecule has 1 fully saturated rings. The van der Waals surface area contributed by atoms with Crippen molar-refractivity contribution >= 4 is 11.3 Å². The van der Waals surface area contributed by atoms with Gasteiger partial charge in [-0.15, -0.1) is 11.3 Å². The molecule has 126 valence electrons. The van der Waals surface area contributed by atoms with Crippen LogP contribution in [0.3, 0.4) is 0 Å². The highest BCUT2D eigenvalue weighted by Gasteiger charge is 2.26. The molecule has 6 nitrogen and oxygen atoms in total. The van der Waals surface area contributed by atoms with Crippen LogP contribution in [0.5, 0.6) is 0 Å².